The van der Waals surface area contributed by atoms with E-state index in [-0.39, 0.29) is 11.4 Å². The molecular weight excluding hydrogens is 267 g/mol. The van der Waals surface area contributed by atoms with Crippen molar-refractivity contribution in [3.8, 4) is 0 Å². The highest BCUT2D eigenvalue weighted by atomic mass is 19.1. The van der Waals surface area contributed by atoms with E-state index in [2.05, 4.69) is 5.32 Å². The van der Waals surface area contributed by atoms with E-state index in [4.69, 9.17) is 5.11 Å². The fourth-order valence-corrected chi connectivity index (χ4v) is 1.72. The van der Waals surface area contributed by atoms with Gasteiger partial charge in [-0.25, -0.2) is 9.18 Å². The maximum absolute atomic E-state index is 13.5. The molecular formula is C13H9FN2O4. The number of benzene rings is 2. The molecule has 2 rings (SSSR count). The SMILES string of the molecule is O=C(O)c1cccc(Nc2ccccc2F)c1[N+](=O)[O-]. The van der Waals surface area contributed by atoms with Crippen LogP contribution in [0, 0.1) is 15.9 Å². The van der Waals surface area contributed by atoms with E-state index in [0.717, 1.165) is 6.07 Å². The fraction of sp³-hybridized carbons (Fsp3) is 0. The number of nitrogens with zero attached hydrogens (tertiary/aromatic N) is 1. The van der Waals surface area contributed by atoms with Gasteiger partial charge in [-0.2, -0.15) is 0 Å². The molecule has 0 saturated heterocycles. The second-order valence-electron chi connectivity index (χ2n) is 3.87. The fourth-order valence-electron chi connectivity index (χ4n) is 1.72. The van der Waals surface area contributed by atoms with Crippen LogP contribution in [-0.4, -0.2) is 16.0 Å². The summed E-state index contributed by atoms with van der Waals surface area (Å²) < 4.78 is 13.5. The normalized spacial score (nSPS) is 10.1. The summed E-state index contributed by atoms with van der Waals surface area (Å²) in [5, 5.41) is 22.5. The summed E-state index contributed by atoms with van der Waals surface area (Å²) in [6.45, 7) is 0. The first-order valence-corrected chi connectivity index (χ1v) is 5.53. The Morgan fingerprint density at radius 2 is 1.80 bits per heavy atom. The molecule has 2 N–H and O–H groups in total. The Morgan fingerprint density at radius 3 is 2.40 bits per heavy atom. The second-order valence-corrected chi connectivity index (χ2v) is 3.87. The lowest BCUT2D eigenvalue weighted by molar-refractivity contribution is -0.384. The van der Waals surface area contributed by atoms with Crippen LogP contribution in [0.5, 0.6) is 0 Å². The number of carboxylic acids is 1. The molecule has 0 atom stereocenters. The van der Waals surface area contributed by atoms with Crippen molar-refractivity contribution < 1.29 is 19.2 Å². The van der Waals surface area contributed by atoms with Gasteiger partial charge in [-0.05, 0) is 24.3 Å². The van der Waals surface area contributed by atoms with Crippen molar-refractivity contribution >= 4 is 23.0 Å². The molecule has 20 heavy (non-hydrogen) atoms. The molecule has 0 aliphatic rings. The topological polar surface area (TPSA) is 92.5 Å². The number of halogens is 1. The molecule has 0 aromatic heterocycles. The smallest absolute Gasteiger partial charge is 0.342 e. The minimum atomic E-state index is -1.42. The molecule has 2 aromatic carbocycles. The van der Waals surface area contributed by atoms with Gasteiger partial charge < -0.3 is 10.4 Å². The summed E-state index contributed by atoms with van der Waals surface area (Å²) in [6, 6.07) is 9.40. The predicted octanol–water partition coefficient (Wildman–Crippen LogP) is 3.18. The van der Waals surface area contributed by atoms with Crippen molar-refractivity contribution in [2.45, 2.75) is 0 Å². The molecule has 0 heterocycles. The molecule has 2 aromatic rings. The van der Waals surface area contributed by atoms with Gasteiger partial charge in [0.1, 0.15) is 17.1 Å². The number of carbonyl (C=O) groups is 1. The third kappa shape index (κ3) is 2.56. The van der Waals surface area contributed by atoms with Gasteiger partial charge in [0, 0.05) is 0 Å². The van der Waals surface area contributed by atoms with Gasteiger partial charge in [0.05, 0.1) is 10.6 Å². The number of nitro groups is 1. The Bertz CT molecular complexity index is 688. The molecule has 0 aliphatic heterocycles. The molecule has 0 fully saturated rings. The lowest BCUT2D eigenvalue weighted by atomic mass is 10.1. The van der Waals surface area contributed by atoms with E-state index in [1.165, 1.54) is 30.3 Å². The summed E-state index contributed by atoms with van der Waals surface area (Å²) in [5.74, 6) is -2.02. The monoisotopic (exact) mass is 276 g/mol. The number of para-hydroxylation sites is 2. The van der Waals surface area contributed by atoms with Gasteiger partial charge in [-0.3, -0.25) is 10.1 Å². The van der Waals surface area contributed by atoms with Crippen LogP contribution in [-0.2, 0) is 0 Å². The molecule has 0 bridgehead atoms. The standard InChI is InChI=1S/C13H9FN2O4/c14-9-5-1-2-6-10(9)15-11-7-3-4-8(13(17)18)12(11)16(19)20/h1-7,15H,(H,17,18). The van der Waals surface area contributed by atoms with Gasteiger partial charge in [-0.15, -0.1) is 0 Å². The van der Waals surface area contributed by atoms with Crippen molar-refractivity contribution in [3.63, 3.8) is 0 Å². The summed E-state index contributed by atoms with van der Waals surface area (Å²) in [4.78, 5) is 21.2. The molecule has 102 valence electrons. The summed E-state index contributed by atoms with van der Waals surface area (Å²) in [7, 11) is 0. The van der Waals surface area contributed by atoms with E-state index >= 15 is 0 Å². The van der Waals surface area contributed by atoms with Crippen LogP contribution in [0.4, 0.5) is 21.5 Å². The molecule has 7 heteroatoms. The molecule has 0 aliphatic carbocycles. The molecule has 0 amide bonds. The average Bonchev–Trinajstić information content (AvgIpc) is 2.40. The number of nitrogens with one attached hydrogen (secondary N) is 1. The Kier molecular flexibility index (Phi) is 3.60. The van der Waals surface area contributed by atoms with E-state index in [0.29, 0.717) is 0 Å². The molecule has 0 radical (unpaired) electrons. The second kappa shape index (κ2) is 5.35. The van der Waals surface area contributed by atoms with Crippen LogP contribution >= 0.6 is 0 Å². The first-order valence-electron chi connectivity index (χ1n) is 5.53. The van der Waals surface area contributed by atoms with Crippen molar-refractivity contribution in [3.05, 3.63) is 64.0 Å². The van der Waals surface area contributed by atoms with Crippen LogP contribution in [0.15, 0.2) is 42.5 Å². The van der Waals surface area contributed by atoms with Crippen molar-refractivity contribution in [2.75, 3.05) is 5.32 Å². The van der Waals surface area contributed by atoms with E-state index in [1.54, 1.807) is 6.07 Å². The zero-order chi connectivity index (χ0) is 14.7. The molecule has 0 saturated carbocycles. The summed E-state index contributed by atoms with van der Waals surface area (Å²) in [5.41, 5.74) is -1.13. The first kappa shape index (κ1) is 13.5. The van der Waals surface area contributed by atoms with Crippen LogP contribution in [0.2, 0.25) is 0 Å². The number of nitro benzene ring substituents is 1. The van der Waals surface area contributed by atoms with Crippen LogP contribution < -0.4 is 5.32 Å². The van der Waals surface area contributed by atoms with E-state index < -0.39 is 28.0 Å². The highest BCUT2D eigenvalue weighted by molar-refractivity contribution is 5.96. The van der Waals surface area contributed by atoms with Gasteiger partial charge in [0.15, 0.2) is 0 Å². The zero-order valence-electron chi connectivity index (χ0n) is 10.0. The summed E-state index contributed by atoms with van der Waals surface area (Å²) in [6.07, 6.45) is 0. The zero-order valence-corrected chi connectivity index (χ0v) is 10.0. The van der Waals surface area contributed by atoms with Gasteiger partial charge in [0.2, 0.25) is 0 Å². The first-order chi connectivity index (χ1) is 9.50. The van der Waals surface area contributed by atoms with Gasteiger partial charge >= 0.3 is 11.7 Å². The van der Waals surface area contributed by atoms with E-state index in [9.17, 15) is 19.3 Å². The quantitative estimate of drug-likeness (QED) is 0.660. The lowest BCUT2D eigenvalue weighted by Gasteiger charge is -2.09. The number of hydrogen-bond acceptors (Lipinski definition) is 4. The molecule has 6 nitrogen and oxygen atoms in total. The largest absolute Gasteiger partial charge is 0.477 e. The Balaban J connectivity index is 2.52. The lowest BCUT2D eigenvalue weighted by Crippen LogP contribution is -2.06. The third-order valence-electron chi connectivity index (χ3n) is 2.59. The average molecular weight is 276 g/mol. The van der Waals surface area contributed by atoms with Gasteiger partial charge in [0.25, 0.3) is 0 Å². The minimum absolute atomic E-state index is 0.0261. The predicted molar refractivity (Wildman–Crippen MR) is 69.7 cm³/mol. The van der Waals surface area contributed by atoms with Crippen LogP contribution in [0.25, 0.3) is 0 Å². The highest BCUT2D eigenvalue weighted by Crippen LogP contribution is 2.31. The van der Waals surface area contributed by atoms with Crippen LogP contribution in [0.1, 0.15) is 10.4 Å². The van der Waals surface area contributed by atoms with Crippen molar-refractivity contribution in [1.82, 2.24) is 0 Å². The number of hydrogen-bond donors (Lipinski definition) is 2. The maximum atomic E-state index is 13.5. The van der Waals surface area contributed by atoms with Gasteiger partial charge in [-0.1, -0.05) is 18.2 Å². The van der Waals surface area contributed by atoms with Crippen LogP contribution in [0.3, 0.4) is 0 Å². The Labute approximate surface area is 112 Å². The minimum Gasteiger partial charge on any atom is -0.477 e. The third-order valence-corrected chi connectivity index (χ3v) is 2.59. The molecule has 0 spiro atoms. The number of carboxylic acid groups (broad SMARTS) is 1. The van der Waals surface area contributed by atoms with Crippen molar-refractivity contribution in [2.24, 2.45) is 0 Å². The number of rotatable bonds is 4. The summed E-state index contributed by atoms with van der Waals surface area (Å²) >= 11 is 0. The molecule has 0 unspecified atom stereocenters. The maximum Gasteiger partial charge on any atom is 0.342 e. The van der Waals surface area contributed by atoms with Crippen molar-refractivity contribution in [1.29, 1.82) is 0 Å². The number of anilines is 2. The Hall–Kier alpha value is -2.96. The Morgan fingerprint density at radius 1 is 1.15 bits per heavy atom. The highest BCUT2D eigenvalue weighted by Gasteiger charge is 2.24. The van der Waals surface area contributed by atoms with E-state index in [1.807, 2.05) is 0 Å². The number of aromatic carboxylic acids is 1.